The molecule has 8 heteroatoms. The van der Waals surface area contributed by atoms with Crippen molar-refractivity contribution in [3.8, 4) is 11.1 Å². The summed E-state index contributed by atoms with van der Waals surface area (Å²) >= 11 is 0. The van der Waals surface area contributed by atoms with Crippen LogP contribution in [0.1, 0.15) is 46.5 Å². The Labute approximate surface area is 186 Å². The molecule has 2 aliphatic rings. The Kier molecular flexibility index (Phi) is 5.04. The first-order chi connectivity index (χ1) is 15.3. The third kappa shape index (κ3) is 3.58. The van der Waals surface area contributed by atoms with Crippen LogP contribution < -0.4 is 11.1 Å². The number of sulfone groups is 1. The van der Waals surface area contributed by atoms with E-state index in [2.05, 4.69) is 5.32 Å². The second-order valence-electron chi connectivity index (χ2n) is 8.62. The average molecular weight is 452 g/mol. The predicted molar refractivity (Wildman–Crippen MR) is 125 cm³/mol. The number of aromatic nitrogens is 1. The number of rotatable bonds is 4. The fraction of sp³-hybridized carbons (Fsp3) is 0.333. The Hall–Kier alpha value is -3.13. The summed E-state index contributed by atoms with van der Waals surface area (Å²) in [6, 6.07) is 13.3. The Morgan fingerprint density at radius 3 is 2.56 bits per heavy atom. The van der Waals surface area contributed by atoms with Gasteiger partial charge in [0.25, 0.3) is 5.91 Å². The van der Waals surface area contributed by atoms with Crippen LogP contribution in [-0.2, 0) is 16.3 Å². The molecule has 0 unspecified atom stereocenters. The van der Waals surface area contributed by atoms with Crippen LogP contribution in [0.15, 0.2) is 42.5 Å². The number of anilines is 1. The maximum Gasteiger partial charge on any atom is 0.250 e. The summed E-state index contributed by atoms with van der Waals surface area (Å²) in [5.41, 5.74) is 10.4. The highest BCUT2D eigenvalue weighted by Crippen LogP contribution is 2.39. The van der Waals surface area contributed by atoms with Gasteiger partial charge in [0, 0.05) is 34.8 Å². The minimum absolute atomic E-state index is 0.0480. The smallest absolute Gasteiger partial charge is 0.250 e. The lowest BCUT2D eigenvalue weighted by Crippen LogP contribution is -2.32. The fourth-order valence-corrected chi connectivity index (χ4v) is 6.44. The molecular weight excluding hydrogens is 426 g/mol. The van der Waals surface area contributed by atoms with Crippen LogP contribution in [0.5, 0.6) is 0 Å². The van der Waals surface area contributed by atoms with E-state index in [0.29, 0.717) is 30.5 Å². The van der Waals surface area contributed by atoms with E-state index < -0.39 is 15.7 Å². The molecule has 0 saturated carbocycles. The maximum atomic E-state index is 12.7. The lowest BCUT2D eigenvalue weighted by molar-refractivity contribution is 0.0889. The molecule has 3 N–H and O–H groups in total. The zero-order chi connectivity index (χ0) is 22.5. The molecule has 5 rings (SSSR count). The Bertz CT molecular complexity index is 1340. The molecule has 1 saturated heterocycles. The maximum absolute atomic E-state index is 12.7. The molecule has 3 heterocycles. The third-order valence-corrected chi connectivity index (χ3v) is 8.23. The number of carbonyl (C=O) groups excluding carboxylic acids is 2. The fourth-order valence-electron chi connectivity index (χ4n) is 4.94. The number of nitrogens with one attached hydrogen (secondary N) is 1. The van der Waals surface area contributed by atoms with Crippen LogP contribution in [-0.4, -0.2) is 42.3 Å². The molecule has 166 valence electrons. The van der Waals surface area contributed by atoms with E-state index in [9.17, 15) is 18.0 Å². The number of carbonyl (C=O) groups is 2. The van der Waals surface area contributed by atoms with E-state index in [1.807, 2.05) is 41.0 Å². The van der Waals surface area contributed by atoms with E-state index in [-0.39, 0.29) is 23.5 Å². The van der Waals surface area contributed by atoms with Gasteiger partial charge in [0.1, 0.15) is 9.84 Å². The van der Waals surface area contributed by atoms with Crippen molar-refractivity contribution in [3.63, 3.8) is 0 Å². The molecule has 0 atom stereocenters. The Morgan fingerprint density at radius 2 is 1.81 bits per heavy atom. The summed E-state index contributed by atoms with van der Waals surface area (Å²) in [5, 5.41) is 4.37. The van der Waals surface area contributed by atoms with E-state index in [1.165, 1.54) is 0 Å². The number of hydrogen-bond acceptors (Lipinski definition) is 5. The highest BCUT2D eigenvalue weighted by atomic mass is 32.2. The number of amides is 1. The number of nitrogens with two attached hydrogens (primary N) is 1. The van der Waals surface area contributed by atoms with Crippen molar-refractivity contribution in [2.45, 2.75) is 38.1 Å². The van der Waals surface area contributed by atoms with Gasteiger partial charge in [-0.1, -0.05) is 24.3 Å². The topological polar surface area (TPSA) is 111 Å². The van der Waals surface area contributed by atoms with Crippen molar-refractivity contribution in [2.75, 3.05) is 16.8 Å². The molecular formula is C24H25N3O4S. The molecule has 3 aromatic rings. The zero-order valence-corrected chi connectivity index (χ0v) is 18.5. The predicted octanol–water partition coefficient (Wildman–Crippen LogP) is 3.37. The third-order valence-electron chi connectivity index (χ3n) is 6.51. The second-order valence-corrected chi connectivity index (χ2v) is 10.9. The molecule has 0 aliphatic carbocycles. The first-order valence-electron chi connectivity index (χ1n) is 10.9. The van der Waals surface area contributed by atoms with Gasteiger partial charge in [0.2, 0.25) is 5.91 Å². The van der Waals surface area contributed by atoms with E-state index >= 15 is 0 Å². The molecule has 2 aliphatic heterocycles. The summed E-state index contributed by atoms with van der Waals surface area (Å²) in [4.78, 5) is 24.8. The summed E-state index contributed by atoms with van der Waals surface area (Å²) in [6.07, 6.45) is 3.12. The minimum atomic E-state index is -2.98. The number of primary amides is 1. The standard InChI is InChI=1S/C24H25N3O4S/c25-24(29)17-9-8-15(14-19(17)26-16-10-12-32(30,31)13-11-16)23-18-4-1-2-5-20(18)27-21(23)6-3-7-22(27)28/h1-2,4-5,8-9,14,16,26H,3,6-7,10-13H2,(H2,25,29). The average Bonchev–Trinajstić information content (AvgIpc) is 3.10. The monoisotopic (exact) mass is 451 g/mol. The molecule has 1 aromatic heterocycles. The first-order valence-corrected chi connectivity index (χ1v) is 12.7. The van der Waals surface area contributed by atoms with Gasteiger partial charge in [-0.15, -0.1) is 0 Å². The molecule has 0 radical (unpaired) electrons. The highest BCUT2D eigenvalue weighted by Gasteiger charge is 2.27. The van der Waals surface area contributed by atoms with Crippen LogP contribution in [0.25, 0.3) is 22.0 Å². The van der Waals surface area contributed by atoms with Crippen molar-refractivity contribution >= 4 is 38.2 Å². The normalized spacial score (nSPS) is 18.4. The van der Waals surface area contributed by atoms with Gasteiger partial charge in [-0.2, -0.15) is 0 Å². The number of para-hydroxylation sites is 1. The van der Waals surface area contributed by atoms with Crippen molar-refractivity contribution < 1.29 is 18.0 Å². The molecule has 1 fully saturated rings. The SMILES string of the molecule is NC(=O)c1ccc(-c2c3n(c4ccccc24)C(=O)CCC3)cc1NC1CCS(=O)(=O)CC1. The van der Waals surface area contributed by atoms with Gasteiger partial charge >= 0.3 is 0 Å². The molecule has 7 nitrogen and oxygen atoms in total. The van der Waals surface area contributed by atoms with Crippen LogP contribution in [0, 0.1) is 0 Å². The van der Waals surface area contributed by atoms with E-state index in [4.69, 9.17) is 5.73 Å². The minimum Gasteiger partial charge on any atom is -0.382 e. The molecule has 1 amide bonds. The number of hydrogen-bond donors (Lipinski definition) is 2. The van der Waals surface area contributed by atoms with Gasteiger partial charge in [0.05, 0.1) is 22.6 Å². The number of nitrogens with zero attached hydrogens (tertiary/aromatic N) is 1. The van der Waals surface area contributed by atoms with Crippen molar-refractivity contribution in [2.24, 2.45) is 5.73 Å². The molecule has 2 aromatic carbocycles. The van der Waals surface area contributed by atoms with Gasteiger partial charge < -0.3 is 11.1 Å². The van der Waals surface area contributed by atoms with Crippen LogP contribution in [0.3, 0.4) is 0 Å². The quantitative estimate of drug-likeness (QED) is 0.632. The molecule has 0 bridgehead atoms. The van der Waals surface area contributed by atoms with Crippen molar-refractivity contribution in [1.82, 2.24) is 4.57 Å². The molecule has 0 spiro atoms. The van der Waals surface area contributed by atoms with Crippen molar-refractivity contribution in [1.29, 1.82) is 0 Å². The van der Waals surface area contributed by atoms with Crippen molar-refractivity contribution in [3.05, 3.63) is 53.7 Å². The lowest BCUT2D eigenvalue weighted by Gasteiger charge is -2.25. The second kappa shape index (κ2) is 7.78. The van der Waals surface area contributed by atoms with Gasteiger partial charge in [-0.05, 0) is 49.4 Å². The largest absolute Gasteiger partial charge is 0.382 e. The van der Waals surface area contributed by atoms with E-state index in [1.54, 1.807) is 6.07 Å². The summed E-state index contributed by atoms with van der Waals surface area (Å²) in [7, 11) is -2.98. The van der Waals surface area contributed by atoms with E-state index in [0.717, 1.165) is 40.6 Å². The van der Waals surface area contributed by atoms with Gasteiger partial charge in [0.15, 0.2) is 0 Å². The summed E-state index contributed by atoms with van der Waals surface area (Å²) in [6.45, 7) is 0. The first kappa shape index (κ1) is 20.8. The Balaban J connectivity index is 1.61. The number of fused-ring (bicyclic) bond motifs is 3. The van der Waals surface area contributed by atoms with Gasteiger partial charge in [-0.3, -0.25) is 14.2 Å². The number of benzene rings is 2. The van der Waals surface area contributed by atoms with Crippen LogP contribution in [0.2, 0.25) is 0 Å². The van der Waals surface area contributed by atoms with Crippen LogP contribution in [0.4, 0.5) is 5.69 Å². The lowest BCUT2D eigenvalue weighted by atomic mass is 9.96. The van der Waals surface area contributed by atoms with Crippen LogP contribution >= 0.6 is 0 Å². The van der Waals surface area contributed by atoms with Gasteiger partial charge in [-0.25, -0.2) is 8.42 Å². The summed E-state index contributed by atoms with van der Waals surface area (Å²) < 4.78 is 25.4. The zero-order valence-electron chi connectivity index (χ0n) is 17.6. The summed E-state index contributed by atoms with van der Waals surface area (Å²) in [5.74, 6) is -0.169. The highest BCUT2D eigenvalue weighted by molar-refractivity contribution is 7.91. The Morgan fingerprint density at radius 1 is 1.06 bits per heavy atom. The molecule has 32 heavy (non-hydrogen) atoms.